The minimum Gasteiger partial charge on any atom is -0.711 e. The van der Waals surface area contributed by atoms with Crippen LogP contribution >= 0.6 is 0 Å². The zero-order chi connectivity index (χ0) is 31.3. The van der Waals surface area contributed by atoms with Crippen molar-refractivity contribution < 1.29 is 28.1 Å². The molecule has 2 heterocycles. The van der Waals surface area contributed by atoms with Crippen molar-refractivity contribution in [3.8, 4) is 23.4 Å². The number of carbonyl (C=O) groups is 1. The van der Waals surface area contributed by atoms with Crippen molar-refractivity contribution in [2.45, 2.75) is 39.0 Å². The van der Waals surface area contributed by atoms with Gasteiger partial charge in [-0.05, 0) is 61.3 Å². The highest BCUT2D eigenvalue weighted by atomic mass is 19.1. The van der Waals surface area contributed by atoms with E-state index in [1.54, 1.807) is 39.0 Å². The van der Waals surface area contributed by atoms with Crippen molar-refractivity contribution in [3.05, 3.63) is 98.8 Å². The number of H-pyrrole nitrogens is 1. The second-order valence-corrected chi connectivity index (χ2v) is 10.3. The lowest BCUT2D eigenvalue weighted by Gasteiger charge is -2.21. The number of amides is 1. The highest BCUT2D eigenvalue weighted by molar-refractivity contribution is 5.68. The first kappa shape index (κ1) is 30.4. The van der Waals surface area contributed by atoms with Crippen LogP contribution in [0.15, 0.2) is 59.5 Å². The van der Waals surface area contributed by atoms with Crippen molar-refractivity contribution in [1.29, 1.82) is 5.26 Å². The number of methoxy groups -OCH3 is 2. The number of halogens is 1. The van der Waals surface area contributed by atoms with Crippen LogP contribution in [0.4, 0.5) is 14.9 Å². The Labute approximate surface area is 246 Å². The van der Waals surface area contributed by atoms with Crippen LogP contribution in [0, 0.1) is 22.4 Å². The summed E-state index contributed by atoms with van der Waals surface area (Å²) < 4.78 is 32.8. The maximum Gasteiger partial charge on any atom is 0.440 e. The topological polar surface area (TPSA) is 170 Å². The van der Waals surface area contributed by atoms with E-state index in [4.69, 9.17) is 14.2 Å². The predicted octanol–water partition coefficient (Wildman–Crippen LogP) is 3.45. The second kappa shape index (κ2) is 12.5. The Balaban J connectivity index is 1.78. The Morgan fingerprint density at radius 3 is 2.56 bits per heavy atom. The lowest BCUT2D eigenvalue weighted by atomic mass is 10.0. The van der Waals surface area contributed by atoms with Gasteiger partial charge in [-0.1, -0.05) is 11.2 Å². The van der Waals surface area contributed by atoms with Gasteiger partial charge in [-0.2, -0.15) is 5.26 Å². The maximum atomic E-state index is 15.6. The SMILES string of the molecule is COc1cc(F)c(C(Nc2ccc(C#N)c(CNC(=O)OC(C)(C)C)c2)c2nn(-c3cccc[n+]3[O-])c(=O)[nH]2)cc1OC. The van der Waals surface area contributed by atoms with Gasteiger partial charge in [-0.15, -0.1) is 0 Å². The molecule has 2 aromatic heterocycles. The van der Waals surface area contributed by atoms with E-state index < -0.39 is 29.2 Å². The van der Waals surface area contributed by atoms with Gasteiger partial charge in [-0.3, -0.25) is 4.98 Å². The molecule has 0 radical (unpaired) electrons. The van der Waals surface area contributed by atoms with E-state index in [2.05, 4.69) is 26.8 Å². The van der Waals surface area contributed by atoms with Gasteiger partial charge in [-0.25, -0.2) is 18.7 Å². The van der Waals surface area contributed by atoms with Crippen LogP contribution in [0.2, 0.25) is 0 Å². The zero-order valence-corrected chi connectivity index (χ0v) is 24.1. The van der Waals surface area contributed by atoms with Crippen molar-refractivity contribution in [2.24, 2.45) is 0 Å². The molecule has 1 unspecified atom stereocenters. The smallest absolute Gasteiger partial charge is 0.440 e. The average Bonchev–Trinajstić information content (AvgIpc) is 3.35. The third-order valence-electron chi connectivity index (χ3n) is 6.10. The molecule has 4 rings (SSSR count). The number of pyridine rings is 1. The number of anilines is 1. The molecule has 4 aromatic rings. The molecular formula is C29H30FN7O6. The highest BCUT2D eigenvalue weighted by Gasteiger charge is 2.28. The number of carbonyl (C=O) groups excluding carboxylic acids is 1. The molecule has 224 valence electrons. The molecule has 0 fully saturated rings. The number of rotatable bonds is 9. The summed E-state index contributed by atoms with van der Waals surface area (Å²) in [6.45, 7) is 5.15. The van der Waals surface area contributed by atoms with Crippen LogP contribution in [0.25, 0.3) is 5.82 Å². The van der Waals surface area contributed by atoms with E-state index in [1.807, 2.05) is 0 Å². The number of alkyl carbamates (subject to hydrolysis) is 1. The molecule has 0 saturated carbocycles. The van der Waals surface area contributed by atoms with Gasteiger partial charge >= 0.3 is 17.6 Å². The van der Waals surface area contributed by atoms with E-state index in [1.165, 1.54) is 44.7 Å². The maximum absolute atomic E-state index is 15.6. The molecular weight excluding hydrogens is 561 g/mol. The van der Waals surface area contributed by atoms with E-state index >= 15 is 4.39 Å². The van der Waals surface area contributed by atoms with Crippen molar-refractivity contribution >= 4 is 11.8 Å². The fourth-order valence-corrected chi connectivity index (χ4v) is 4.18. The number of nitriles is 1. The van der Waals surface area contributed by atoms with Crippen LogP contribution in [0.3, 0.4) is 0 Å². The molecule has 1 amide bonds. The molecule has 0 spiro atoms. The van der Waals surface area contributed by atoms with Crippen molar-refractivity contribution in [3.63, 3.8) is 0 Å². The van der Waals surface area contributed by atoms with Gasteiger partial charge in [0.1, 0.15) is 17.5 Å². The van der Waals surface area contributed by atoms with Crippen molar-refractivity contribution in [1.82, 2.24) is 20.1 Å². The average molecular weight is 592 g/mol. The molecule has 43 heavy (non-hydrogen) atoms. The predicted molar refractivity (Wildman–Crippen MR) is 152 cm³/mol. The van der Waals surface area contributed by atoms with Gasteiger partial charge in [0, 0.05) is 29.9 Å². The van der Waals surface area contributed by atoms with Crippen LogP contribution in [-0.2, 0) is 11.3 Å². The summed E-state index contributed by atoms with van der Waals surface area (Å²) in [6, 6.07) is 12.7. The number of benzene rings is 2. The highest BCUT2D eigenvalue weighted by Crippen LogP contribution is 2.35. The lowest BCUT2D eigenvalue weighted by molar-refractivity contribution is -0.600. The molecule has 14 heteroatoms. The number of aromatic nitrogens is 4. The quantitative estimate of drug-likeness (QED) is 0.195. The first-order valence-electron chi connectivity index (χ1n) is 13.0. The molecule has 3 N–H and O–H groups in total. The largest absolute Gasteiger partial charge is 0.711 e. The Hall–Kier alpha value is -5.58. The lowest BCUT2D eigenvalue weighted by Crippen LogP contribution is -2.35. The van der Waals surface area contributed by atoms with Crippen LogP contribution in [0.5, 0.6) is 11.5 Å². The normalized spacial score (nSPS) is 11.7. The van der Waals surface area contributed by atoms with Gasteiger partial charge in [0.2, 0.25) is 0 Å². The van der Waals surface area contributed by atoms with Crippen molar-refractivity contribution in [2.75, 3.05) is 19.5 Å². The summed E-state index contributed by atoms with van der Waals surface area (Å²) >= 11 is 0. The van der Waals surface area contributed by atoms with E-state index in [-0.39, 0.29) is 40.8 Å². The van der Waals surface area contributed by atoms with Gasteiger partial charge in [0.05, 0.1) is 32.0 Å². The standard InChI is InChI=1S/C29H30FN7O6/c1-29(2,3)43-28(39)32-16-18-12-19(10-9-17(18)15-31)33-25(20-13-22(41-4)23(42-5)14-21(20)30)26-34-27(38)37(35-26)24-8-6-7-11-36(24)40/h6-14,25,33H,16H2,1-5H3,(H,32,39)(H,34,35,38). The molecule has 1 atom stereocenters. The molecule has 0 aliphatic rings. The van der Waals surface area contributed by atoms with Crippen LogP contribution in [0.1, 0.15) is 49.3 Å². The summed E-state index contributed by atoms with van der Waals surface area (Å²) in [7, 11) is 2.76. The van der Waals surface area contributed by atoms with Gasteiger partial charge in [0.25, 0.3) is 0 Å². The Morgan fingerprint density at radius 1 is 1.19 bits per heavy atom. The number of hydrogen-bond donors (Lipinski definition) is 3. The molecule has 0 aliphatic heterocycles. The molecule has 0 saturated heterocycles. The number of nitrogens with zero attached hydrogens (tertiary/aromatic N) is 4. The van der Waals surface area contributed by atoms with Crippen LogP contribution in [-0.4, -0.2) is 40.7 Å². The minimum atomic E-state index is -1.13. The van der Waals surface area contributed by atoms with Gasteiger partial charge in [0.15, 0.2) is 17.3 Å². The minimum absolute atomic E-state index is 0.0272. The number of ether oxygens (including phenoxy) is 3. The number of aromatic amines is 1. The molecule has 0 bridgehead atoms. The second-order valence-electron chi connectivity index (χ2n) is 10.3. The fraction of sp³-hybridized carbons (Fsp3) is 0.276. The fourth-order valence-electron chi connectivity index (χ4n) is 4.18. The Kier molecular flexibility index (Phi) is 8.84. The summed E-state index contributed by atoms with van der Waals surface area (Å²) in [4.78, 5) is 27.7. The third-order valence-corrected chi connectivity index (χ3v) is 6.10. The molecule has 2 aromatic carbocycles. The first-order valence-corrected chi connectivity index (χ1v) is 13.0. The number of hydrogen-bond acceptors (Lipinski definition) is 9. The van der Waals surface area contributed by atoms with Gasteiger partial charge < -0.3 is 30.1 Å². The summed E-state index contributed by atoms with van der Waals surface area (Å²) in [5.41, 5.74) is -0.292. The number of nitrogens with one attached hydrogen (secondary N) is 3. The van der Waals surface area contributed by atoms with E-state index in [0.29, 0.717) is 16.0 Å². The first-order chi connectivity index (χ1) is 20.4. The molecule has 0 aliphatic carbocycles. The summed E-state index contributed by atoms with van der Waals surface area (Å²) in [5, 5.41) is 32.0. The monoisotopic (exact) mass is 591 g/mol. The Bertz CT molecular complexity index is 1740. The zero-order valence-electron chi connectivity index (χ0n) is 24.1. The molecule has 13 nitrogen and oxygen atoms in total. The Morgan fingerprint density at radius 2 is 1.91 bits per heavy atom. The summed E-state index contributed by atoms with van der Waals surface area (Å²) in [5.74, 6) is -0.445. The summed E-state index contributed by atoms with van der Waals surface area (Å²) in [6.07, 6.45) is 0.545. The van der Waals surface area contributed by atoms with Crippen LogP contribution < -0.4 is 30.5 Å². The third kappa shape index (κ3) is 7.02. The van der Waals surface area contributed by atoms with E-state index in [0.717, 1.165) is 10.7 Å². The van der Waals surface area contributed by atoms with E-state index in [9.17, 15) is 20.1 Å².